The van der Waals surface area contributed by atoms with Gasteiger partial charge in [-0.05, 0) is 42.8 Å². The Hall–Kier alpha value is -1.58. The van der Waals surface area contributed by atoms with E-state index in [9.17, 15) is 0 Å². The zero-order chi connectivity index (χ0) is 14.4. The van der Waals surface area contributed by atoms with Crippen LogP contribution in [0, 0.1) is 6.92 Å². The van der Waals surface area contributed by atoms with Crippen LogP contribution >= 0.6 is 27.3 Å². The molecule has 0 saturated carbocycles. The molecule has 2 heterocycles. The van der Waals surface area contributed by atoms with Crippen LogP contribution in [-0.2, 0) is 0 Å². The molecule has 4 aromatic rings. The highest BCUT2D eigenvalue weighted by Crippen LogP contribution is 2.37. The van der Waals surface area contributed by atoms with Crippen molar-refractivity contribution in [2.75, 3.05) is 0 Å². The van der Waals surface area contributed by atoms with Crippen LogP contribution in [0.3, 0.4) is 0 Å². The van der Waals surface area contributed by atoms with Crippen molar-refractivity contribution >= 4 is 49.1 Å². The van der Waals surface area contributed by atoms with Crippen LogP contribution in [0.15, 0.2) is 54.6 Å². The van der Waals surface area contributed by atoms with Gasteiger partial charge in [0, 0.05) is 31.6 Å². The predicted molar refractivity (Wildman–Crippen MR) is 95.6 cm³/mol. The number of aryl methyl sites for hydroxylation is 1. The number of fused-ring (bicyclic) bond motifs is 3. The van der Waals surface area contributed by atoms with E-state index in [1.54, 1.807) is 0 Å². The number of halogens is 1. The third kappa shape index (κ3) is 2.21. The largest absolute Gasteiger partial charge is 0.355 e. The Morgan fingerprint density at radius 1 is 0.952 bits per heavy atom. The van der Waals surface area contributed by atoms with Crippen molar-refractivity contribution in [1.82, 2.24) is 4.98 Å². The average molecular weight is 356 g/mol. The van der Waals surface area contributed by atoms with Crippen molar-refractivity contribution in [2.24, 2.45) is 0 Å². The first kappa shape index (κ1) is 13.1. The van der Waals surface area contributed by atoms with Gasteiger partial charge in [-0.1, -0.05) is 40.2 Å². The van der Waals surface area contributed by atoms with Crippen molar-refractivity contribution < 1.29 is 0 Å². The molecule has 0 fully saturated rings. The molecule has 0 saturated heterocycles. The van der Waals surface area contributed by atoms with Gasteiger partial charge in [-0.15, -0.1) is 11.3 Å². The number of hydrogen-bond donors (Lipinski definition) is 1. The van der Waals surface area contributed by atoms with Crippen LogP contribution in [-0.4, -0.2) is 4.98 Å². The molecule has 1 atom stereocenters. The molecular weight excluding hydrogens is 342 g/mol. The van der Waals surface area contributed by atoms with Gasteiger partial charge in [0.25, 0.3) is 0 Å². The van der Waals surface area contributed by atoms with Gasteiger partial charge in [-0.25, -0.2) is 0 Å². The van der Waals surface area contributed by atoms with Gasteiger partial charge in [0.05, 0.1) is 4.83 Å². The zero-order valence-corrected chi connectivity index (χ0v) is 14.0. The van der Waals surface area contributed by atoms with E-state index in [0.29, 0.717) is 0 Å². The molecule has 0 bridgehead atoms. The number of thiophene rings is 1. The molecule has 104 valence electrons. The molecule has 3 heteroatoms. The average Bonchev–Trinajstić information content (AvgIpc) is 3.09. The number of aromatic nitrogens is 1. The second-order valence-electron chi connectivity index (χ2n) is 5.29. The highest BCUT2D eigenvalue weighted by atomic mass is 79.9. The van der Waals surface area contributed by atoms with E-state index in [1.807, 2.05) is 11.3 Å². The maximum atomic E-state index is 3.85. The quantitative estimate of drug-likeness (QED) is 0.413. The summed E-state index contributed by atoms with van der Waals surface area (Å²) in [5, 5.41) is 2.58. The second-order valence-corrected chi connectivity index (χ2v) is 7.52. The summed E-state index contributed by atoms with van der Waals surface area (Å²) < 4.78 is 0. The molecule has 0 amide bonds. The highest BCUT2D eigenvalue weighted by Gasteiger charge is 2.14. The number of nitrogens with one attached hydrogen (secondary N) is 1. The van der Waals surface area contributed by atoms with E-state index in [2.05, 4.69) is 82.4 Å². The fourth-order valence-corrected chi connectivity index (χ4v) is 4.38. The smallest absolute Gasteiger partial charge is 0.0738 e. The van der Waals surface area contributed by atoms with E-state index in [1.165, 1.54) is 37.1 Å². The lowest BCUT2D eigenvalue weighted by Gasteiger charge is -2.08. The minimum atomic E-state index is 0.259. The van der Waals surface area contributed by atoms with Crippen LogP contribution in [0.4, 0.5) is 0 Å². The van der Waals surface area contributed by atoms with E-state index in [4.69, 9.17) is 0 Å². The van der Waals surface area contributed by atoms with Gasteiger partial charge in [0.2, 0.25) is 0 Å². The van der Waals surface area contributed by atoms with Crippen LogP contribution < -0.4 is 0 Å². The fraction of sp³-hybridized carbons (Fsp3) is 0.111. The molecule has 1 unspecified atom stereocenters. The van der Waals surface area contributed by atoms with Crippen LogP contribution in [0.5, 0.6) is 0 Å². The van der Waals surface area contributed by atoms with Crippen molar-refractivity contribution in [1.29, 1.82) is 0 Å². The maximum Gasteiger partial charge on any atom is 0.0738 e. The first-order chi connectivity index (χ1) is 10.2. The number of alkyl halides is 1. The summed E-state index contributed by atoms with van der Waals surface area (Å²) >= 11 is 5.69. The molecule has 21 heavy (non-hydrogen) atoms. The number of rotatable bonds is 2. The lowest BCUT2D eigenvalue weighted by molar-refractivity contribution is 1.23. The summed E-state index contributed by atoms with van der Waals surface area (Å²) in [6.45, 7) is 2.15. The minimum absolute atomic E-state index is 0.259. The van der Waals surface area contributed by atoms with Crippen LogP contribution in [0.1, 0.15) is 20.1 Å². The van der Waals surface area contributed by atoms with Gasteiger partial charge < -0.3 is 4.98 Å². The fourth-order valence-electron chi connectivity index (χ4n) is 2.78. The summed E-state index contributed by atoms with van der Waals surface area (Å²) in [6.07, 6.45) is 0. The Bertz CT molecular complexity index is 935. The monoisotopic (exact) mass is 355 g/mol. The van der Waals surface area contributed by atoms with E-state index in [0.717, 1.165) is 0 Å². The molecule has 1 N–H and O–H groups in total. The molecule has 2 aromatic heterocycles. The first-order valence-corrected chi connectivity index (χ1v) is 8.66. The molecule has 1 nitrogen and oxygen atoms in total. The Morgan fingerprint density at radius 3 is 2.57 bits per heavy atom. The summed E-state index contributed by atoms with van der Waals surface area (Å²) in [7, 11) is 0. The Balaban J connectivity index is 1.88. The molecule has 0 radical (unpaired) electrons. The third-order valence-electron chi connectivity index (χ3n) is 3.83. The number of H-pyrrole nitrogens is 1. The summed E-state index contributed by atoms with van der Waals surface area (Å²) in [5.74, 6) is 0. The van der Waals surface area contributed by atoms with Crippen LogP contribution in [0.2, 0.25) is 0 Å². The van der Waals surface area contributed by atoms with Gasteiger partial charge in [0.15, 0.2) is 0 Å². The number of hydrogen-bond acceptors (Lipinski definition) is 1. The van der Waals surface area contributed by atoms with Gasteiger partial charge in [-0.2, -0.15) is 0 Å². The van der Waals surface area contributed by atoms with E-state index < -0.39 is 0 Å². The summed E-state index contributed by atoms with van der Waals surface area (Å²) in [5.41, 5.74) is 3.69. The lowest BCUT2D eigenvalue weighted by Crippen LogP contribution is -1.88. The Kier molecular flexibility index (Phi) is 3.12. The van der Waals surface area contributed by atoms with E-state index in [-0.39, 0.29) is 4.83 Å². The SMILES string of the molecule is Cc1ccc(C(Br)c2ccc3[nH]c4ccccc4c3c2)s1. The molecule has 0 spiro atoms. The van der Waals surface area contributed by atoms with Crippen molar-refractivity contribution in [3.63, 3.8) is 0 Å². The van der Waals surface area contributed by atoms with Crippen molar-refractivity contribution in [3.05, 3.63) is 69.9 Å². The Labute approximate surface area is 135 Å². The zero-order valence-electron chi connectivity index (χ0n) is 11.6. The normalized spacial score (nSPS) is 13.0. The summed E-state index contributed by atoms with van der Waals surface area (Å²) in [6, 6.07) is 19.5. The van der Waals surface area contributed by atoms with Crippen LogP contribution in [0.25, 0.3) is 21.8 Å². The molecule has 2 aromatic carbocycles. The molecule has 0 aliphatic heterocycles. The lowest BCUT2D eigenvalue weighted by atomic mass is 10.1. The number of para-hydroxylation sites is 1. The van der Waals surface area contributed by atoms with Crippen molar-refractivity contribution in [3.8, 4) is 0 Å². The second kappa shape index (κ2) is 5.00. The van der Waals surface area contributed by atoms with Crippen molar-refractivity contribution in [2.45, 2.75) is 11.8 Å². The number of aromatic amines is 1. The standard InChI is InChI=1S/C18H14BrNS/c1-11-6-9-17(21-11)18(19)12-7-8-16-14(10-12)13-4-2-3-5-15(13)20-16/h2-10,18,20H,1H3. The highest BCUT2D eigenvalue weighted by molar-refractivity contribution is 9.09. The Morgan fingerprint density at radius 2 is 1.76 bits per heavy atom. The molecule has 4 rings (SSSR count). The summed E-state index contributed by atoms with van der Waals surface area (Å²) in [4.78, 5) is 6.44. The molecule has 0 aliphatic rings. The predicted octanol–water partition coefficient (Wildman–Crippen LogP) is 6.18. The van der Waals surface area contributed by atoms with Gasteiger partial charge in [0.1, 0.15) is 0 Å². The molecular formula is C18H14BrNS. The minimum Gasteiger partial charge on any atom is -0.355 e. The topological polar surface area (TPSA) is 15.8 Å². The first-order valence-electron chi connectivity index (χ1n) is 6.93. The maximum absolute atomic E-state index is 3.85. The van der Waals surface area contributed by atoms with Gasteiger partial charge >= 0.3 is 0 Å². The third-order valence-corrected chi connectivity index (χ3v) is 6.22. The van der Waals surface area contributed by atoms with E-state index >= 15 is 0 Å². The number of benzene rings is 2. The van der Waals surface area contributed by atoms with Gasteiger partial charge in [-0.3, -0.25) is 0 Å². The molecule has 0 aliphatic carbocycles.